The van der Waals surface area contributed by atoms with Crippen molar-refractivity contribution in [3.05, 3.63) is 142 Å². The smallest absolute Gasteiger partial charge is 0.286 e. The molecule has 0 aliphatic rings. The fraction of sp³-hybridized carbons (Fsp3) is 0.188. The molecule has 43 heavy (non-hydrogen) atoms. The van der Waals surface area contributed by atoms with Crippen LogP contribution >= 0.6 is 0 Å². The summed E-state index contributed by atoms with van der Waals surface area (Å²) in [5.74, 6) is -1.76. The zero-order chi connectivity index (χ0) is 30.4. The van der Waals surface area contributed by atoms with Gasteiger partial charge in [-0.3, -0.25) is 9.78 Å². The number of sulfone groups is 1. The van der Waals surface area contributed by atoms with Gasteiger partial charge in [0.15, 0.2) is 5.82 Å². The van der Waals surface area contributed by atoms with Crippen LogP contribution in [0.3, 0.4) is 0 Å². The third-order valence-electron chi connectivity index (χ3n) is 6.77. The molecule has 0 saturated heterocycles. The fourth-order valence-corrected chi connectivity index (χ4v) is 5.77. The zero-order valence-electron chi connectivity index (χ0n) is 23.2. The molecule has 0 aliphatic heterocycles. The second-order valence-electron chi connectivity index (χ2n) is 9.95. The molecule has 5 aromatic rings. The van der Waals surface area contributed by atoms with E-state index < -0.39 is 38.3 Å². The first kappa shape index (κ1) is 29.9. The first-order valence-corrected chi connectivity index (χ1v) is 15.1. The van der Waals surface area contributed by atoms with Gasteiger partial charge in [-0.2, -0.15) is 0 Å². The lowest BCUT2D eigenvalue weighted by molar-refractivity contribution is 0.0361. The molecule has 1 atom stereocenters. The van der Waals surface area contributed by atoms with Crippen LogP contribution in [0.1, 0.15) is 34.9 Å². The molecule has 11 heteroatoms. The van der Waals surface area contributed by atoms with E-state index in [1.54, 1.807) is 49.6 Å². The maximum absolute atomic E-state index is 14.7. The predicted molar refractivity (Wildman–Crippen MR) is 157 cm³/mol. The summed E-state index contributed by atoms with van der Waals surface area (Å²) >= 11 is 0. The van der Waals surface area contributed by atoms with Gasteiger partial charge in [0, 0.05) is 35.4 Å². The van der Waals surface area contributed by atoms with Gasteiger partial charge >= 0.3 is 0 Å². The van der Waals surface area contributed by atoms with Crippen LogP contribution in [-0.2, 0) is 27.7 Å². The van der Waals surface area contributed by atoms with E-state index in [2.05, 4.69) is 15.0 Å². The molecule has 220 valence electrons. The predicted octanol–water partition coefficient (Wildman–Crippen LogP) is 5.46. The number of rotatable bonds is 11. The Morgan fingerprint density at radius 2 is 1.63 bits per heavy atom. The van der Waals surface area contributed by atoms with Crippen molar-refractivity contribution in [2.75, 3.05) is 5.75 Å². The van der Waals surface area contributed by atoms with Crippen molar-refractivity contribution in [1.29, 1.82) is 0 Å². The molecule has 3 heterocycles. The van der Waals surface area contributed by atoms with Crippen molar-refractivity contribution in [2.45, 2.75) is 37.8 Å². The number of aryl methyl sites for hydroxylation is 1. The van der Waals surface area contributed by atoms with Crippen molar-refractivity contribution >= 4 is 9.84 Å². The molecule has 2 aromatic carbocycles. The summed E-state index contributed by atoms with van der Waals surface area (Å²) in [7, 11) is -4.03. The minimum atomic E-state index is -4.03. The highest BCUT2D eigenvalue weighted by atomic mass is 32.2. The number of hydrogen-bond acceptors (Lipinski definition) is 7. The van der Waals surface area contributed by atoms with E-state index in [1.807, 2.05) is 30.3 Å². The van der Waals surface area contributed by atoms with Crippen molar-refractivity contribution in [3.63, 3.8) is 0 Å². The van der Waals surface area contributed by atoms with Gasteiger partial charge < -0.3 is 9.30 Å². The molecule has 0 N–H and O–H groups in total. The van der Waals surface area contributed by atoms with E-state index in [0.29, 0.717) is 11.3 Å². The van der Waals surface area contributed by atoms with Crippen LogP contribution < -0.4 is 5.56 Å². The first-order valence-electron chi connectivity index (χ1n) is 13.5. The number of nitrogens with zero attached hydrogens (tertiary/aromatic N) is 4. The van der Waals surface area contributed by atoms with E-state index >= 15 is 0 Å². The summed E-state index contributed by atoms with van der Waals surface area (Å²) in [6.45, 7) is 1.66. The van der Waals surface area contributed by atoms with Crippen LogP contribution in [0.2, 0.25) is 0 Å². The van der Waals surface area contributed by atoms with Crippen LogP contribution in [0.4, 0.5) is 8.78 Å². The summed E-state index contributed by atoms with van der Waals surface area (Å²) in [4.78, 5) is 24.9. The molecule has 0 aliphatic carbocycles. The van der Waals surface area contributed by atoms with Gasteiger partial charge in [0.05, 0.1) is 30.7 Å². The maximum atomic E-state index is 14.7. The lowest BCUT2D eigenvalue weighted by atomic mass is 10.1. The Morgan fingerprint density at radius 1 is 0.907 bits per heavy atom. The lowest BCUT2D eigenvalue weighted by Gasteiger charge is -2.19. The minimum Gasteiger partial charge on any atom is -0.369 e. The Labute approximate surface area is 247 Å². The van der Waals surface area contributed by atoms with E-state index in [1.165, 1.54) is 22.9 Å². The van der Waals surface area contributed by atoms with Crippen LogP contribution in [0, 0.1) is 18.6 Å². The average molecular weight is 603 g/mol. The van der Waals surface area contributed by atoms with Crippen LogP contribution in [0.5, 0.6) is 0 Å². The highest BCUT2D eigenvalue weighted by Crippen LogP contribution is 2.26. The topological polar surface area (TPSA) is 104 Å². The third-order valence-corrected chi connectivity index (χ3v) is 8.28. The highest BCUT2D eigenvalue weighted by Gasteiger charge is 2.24. The molecule has 8 nitrogen and oxygen atoms in total. The Hall–Kier alpha value is -4.61. The summed E-state index contributed by atoms with van der Waals surface area (Å²) in [6.07, 6.45) is 3.98. The fourth-order valence-electron chi connectivity index (χ4n) is 4.54. The first-order chi connectivity index (χ1) is 20.7. The molecule has 0 saturated carbocycles. The quantitative estimate of drug-likeness (QED) is 0.185. The molecular weight excluding hydrogens is 574 g/mol. The largest absolute Gasteiger partial charge is 0.369 e. The molecule has 0 fully saturated rings. The Kier molecular flexibility index (Phi) is 9.13. The van der Waals surface area contributed by atoms with Gasteiger partial charge in [0.1, 0.15) is 5.82 Å². The number of halogens is 2. The highest BCUT2D eigenvalue weighted by molar-refractivity contribution is 7.91. The van der Waals surface area contributed by atoms with Crippen molar-refractivity contribution in [1.82, 2.24) is 19.5 Å². The van der Waals surface area contributed by atoms with Crippen LogP contribution in [-0.4, -0.2) is 33.7 Å². The van der Waals surface area contributed by atoms with E-state index in [-0.39, 0.29) is 36.6 Å². The normalized spacial score (nSPS) is 12.3. The average Bonchev–Trinajstić information content (AvgIpc) is 3.01. The van der Waals surface area contributed by atoms with Gasteiger partial charge in [-0.25, -0.2) is 27.2 Å². The van der Waals surface area contributed by atoms with Crippen molar-refractivity contribution in [2.24, 2.45) is 0 Å². The molecule has 5 rings (SSSR count). The van der Waals surface area contributed by atoms with Crippen LogP contribution in [0.15, 0.2) is 107 Å². The van der Waals surface area contributed by atoms with Gasteiger partial charge in [0.25, 0.3) is 5.56 Å². The maximum Gasteiger partial charge on any atom is 0.286 e. The van der Waals surface area contributed by atoms with Gasteiger partial charge in [0.2, 0.25) is 15.0 Å². The van der Waals surface area contributed by atoms with Gasteiger partial charge in [-0.05, 0) is 54.8 Å². The number of benzene rings is 2. The van der Waals surface area contributed by atoms with Gasteiger partial charge in [-0.1, -0.05) is 48.5 Å². The molecule has 0 radical (unpaired) electrons. The summed E-state index contributed by atoms with van der Waals surface area (Å²) in [5, 5.41) is -0.421. The Balaban J connectivity index is 1.40. The second-order valence-corrected chi connectivity index (χ2v) is 12.0. The monoisotopic (exact) mass is 602 g/mol. The summed E-state index contributed by atoms with van der Waals surface area (Å²) in [5.41, 5.74) is 1.75. The third kappa shape index (κ3) is 7.43. The SMILES string of the molecule is Cc1cc(-c2cc(F)c(=O)n(Cc3ccncc3)c2)nc(S(=O)(=O)CCC(OCc2ccccc2F)c2ccccc2)n1. The number of hydrogen-bond donors (Lipinski definition) is 0. The zero-order valence-corrected chi connectivity index (χ0v) is 24.0. The minimum absolute atomic E-state index is 0.0435. The molecular formula is C32H28F2N4O4S. The van der Waals surface area contributed by atoms with Crippen molar-refractivity contribution in [3.8, 4) is 11.3 Å². The molecule has 0 amide bonds. The second kappa shape index (κ2) is 13.1. The molecule has 0 bridgehead atoms. The lowest BCUT2D eigenvalue weighted by Crippen LogP contribution is -2.23. The van der Waals surface area contributed by atoms with Gasteiger partial charge in [-0.15, -0.1) is 0 Å². The number of aromatic nitrogens is 4. The summed E-state index contributed by atoms with van der Waals surface area (Å²) in [6, 6.07) is 21.3. The van der Waals surface area contributed by atoms with E-state index in [4.69, 9.17) is 4.74 Å². The Morgan fingerprint density at radius 3 is 2.37 bits per heavy atom. The molecule has 3 aromatic heterocycles. The number of ether oxygens (including phenoxy) is 1. The van der Waals surface area contributed by atoms with E-state index in [9.17, 15) is 22.0 Å². The molecule has 1 unspecified atom stereocenters. The molecule has 0 spiro atoms. The van der Waals surface area contributed by atoms with Crippen LogP contribution in [0.25, 0.3) is 11.3 Å². The Bertz CT molecular complexity index is 1890. The number of pyridine rings is 2. The standard InChI is InChI=1S/C32H28F2N4O4S/c1-22-17-29(26-18-28(34)31(39)38(20-26)19-23-11-14-35-15-12-23)37-32(36-22)43(40,41)16-13-30(24-7-3-2-4-8-24)42-21-25-9-5-6-10-27(25)33/h2-12,14-15,17-18,20,30H,13,16,19,21H2,1H3. The van der Waals surface area contributed by atoms with Crippen molar-refractivity contribution < 1.29 is 21.9 Å². The summed E-state index contributed by atoms with van der Waals surface area (Å²) < 4.78 is 63.1. The van der Waals surface area contributed by atoms with E-state index in [0.717, 1.165) is 17.2 Å².